The van der Waals surface area contributed by atoms with Crippen molar-refractivity contribution in [1.82, 2.24) is 5.32 Å². The number of aliphatic hydroxyl groups is 5. The van der Waals surface area contributed by atoms with Gasteiger partial charge >= 0.3 is 5.97 Å². The van der Waals surface area contributed by atoms with Crippen molar-refractivity contribution in [3.8, 4) is 0 Å². The van der Waals surface area contributed by atoms with E-state index in [2.05, 4.69) is 62.5 Å². The molecule has 0 saturated carbocycles. The van der Waals surface area contributed by atoms with Gasteiger partial charge in [-0.05, 0) is 77.0 Å². The van der Waals surface area contributed by atoms with Crippen molar-refractivity contribution >= 4 is 11.9 Å². The average Bonchev–Trinajstić information content (AvgIpc) is 3.38. The molecule has 6 N–H and O–H groups in total. The third kappa shape index (κ3) is 36.5. The summed E-state index contributed by atoms with van der Waals surface area (Å²) >= 11 is 0. The van der Waals surface area contributed by atoms with E-state index in [1.165, 1.54) is 70.6 Å². The van der Waals surface area contributed by atoms with Crippen LogP contribution in [0, 0.1) is 0 Å². The Bertz CT molecular complexity index is 1530. The van der Waals surface area contributed by atoms with Crippen molar-refractivity contribution in [2.45, 2.75) is 262 Å². The summed E-state index contributed by atoms with van der Waals surface area (Å²) < 4.78 is 17.5. The summed E-state index contributed by atoms with van der Waals surface area (Å²) in [4.78, 5) is 26.4. The second kappa shape index (κ2) is 48.5. The van der Waals surface area contributed by atoms with Crippen molar-refractivity contribution in [3.05, 3.63) is 97.2 Å². The molecule has 8 unspecified atom stereocenters. The van der Waals surface area contributed by atoms with Crippen LogP contribution >= 0.6 is 0 Å². The van der Waals surface area contributed by atoms with Gasteiger partial charge in [-0.1, -0.05) is 227 Å². The van der Waals surface area contributed by atoms with Crippen LogP contribution in [0.3, 0.4) is 0 Å². The van der Waals surface area contributed by atoms with Crippen LogP contribution in [0.15, 0.2) is 97.2 Å². The molecule has 1 aliphatic heterocycles. The monoisotopic (exact) mass is 1010 g/mol. The second-order valence-electron chi connectivity index (χ2n) is 19.4. The van der Waals surface area contributed by atoms with Gasteiger partial charge in [0.1, 0.15) is 24.4 Å². The minimum atomic E-state index is -1.64. The number of amides is 1. The number of esters is 1. The fourth-order valence-corrected chi connectivity index (χ4v) is 8.29. The van der Waals surface area contributed by atoms with E-state index >= 15 is 0 Å². The van der Waals surface area contributed by atoms with Gasteiger partial charge in [0, 0.05) is 6.42 Å². The first kappa shape index (κ1) is 66.6. The summed E-state index contributed by atoms with van der Waals surface area (Å²) in [5.74, 6) is -1.25. The maximum atomic E-state index is 13.4. The molecule has 412 valence electrons. The minimum absolute atomic E-state index is 0.0686. The highest BCUT2D eigenvalue weighted by Gasteiger charge is 2.47. The molecular weight excluding hydrogens is 907 g/mol. The third-order valence-corrected chi connectivity index (χ3v) is 12.8. The second-order valence-corrected chi connectivity index (χ2v) is 19.4. The van der Waals surface area contributed by atoms with Crippen LogP contribution in [0.4, 0.5) is 0 Å². The van der Waals surface area contributed by atoms with Crippen molar-refractivity contribution < 1.29 is 49.3 Å². The Morgan fingerprint density at radius 2 is 1.06 bits per heavy atom. The van der Waals surface area contributed by atoms with Gasteiger partial charge in [0.05, 0.1) is 25.4 Å². The van der Waals surface area contributed by atoms with E-state index in [0.717, 1.165) is 96.3 Å². The van der Waals surface area contributed by atoms with Gasteiger partial charge in [0.25, 0.3) is 0 Å². The summed E-state index contributed by atoms with van der Waals surface area (Å²) in [5.41, 5.74) is 0. The average molecular weight is 1010 g/mol. The highest BCUT2D eigenvalue weighted by atomic mass is 16.7. The zero-order chi connectivity index (χ0) is 52.5. The number of nitrogens with one attached hydrogen (secondary N) is 1. The van der Waals surface area contributed by atoms with Crippen LogP contribution in [0.5, 0.6) is 0 Å². The zero-order valence-electron chi connectivity index (χ0n) is 45.3. The van der Waals surface area contributed by atoms with E-state index in [9.17, 15) is 35.1 Å². The number of aliphatic hydroxyl groups excluding tert-OH is 5. The summed E-state index contributed by atoms with van der Waals surface area (Å²) in [6.45, 7) is 5.56. The number of carbonyl (C=O) groups is 2. The molecule has 0 spiro atoms. The van der Waals surface area contributed by atoms with E-state index < -0.39 is 67.4 Å². The molecule has 72 heavy (non-hydrogen) atoms. The molecule has 1 rings (SSSR count). The number of allylic oxidation sites excluding steroid dienone is 15. The van der Waals surface area contributed by atoms with Crippen LogP contribution in [-0.2, 0) is 23.8 Å². The molecule has 0 aromatic carbocycles. The van der Waals surface area contributed by atoms with E-state index in [1.807, 2.05) is 54.7 Å². The Hall–Kier alpha value is -3.42. The molecule has 1 heterocycles. The molecule has 0 aromatic heterocycles. The highest BCUT2D eigenvalue weighted by molar-refractivity contribution is 5.80. The summed E-state index contributed by atoms with van der Waals surface area (Å²) in [6, 6.07) is -1.04. The number of rotatable bonds is 46. The third-order valence-electron chi connectivity index (χ3n) is 12.8. The summed E-state index contributed by atoms with van der Waals surface area (Å²) in [7, 11) is 0. The highest BCUT2D eigenvalue weighted by Crippen LogP contribution is 2.26. The Morgan fingerprint density at radius 1 is 0.569 bits per heavy atom. The van der Waals surface area contributed by atoms with Gasteiger partial charge in [-0.2, -0.15) is 0 Å². The quantitative estimate of drug-likeness (QED) is 0.0149. The number of ether oxygens (including phenoxy) is 3. The first-order chi connectivity index (χ1) is 35.2. The Kier molecular flexibility index (Phi) is 44.9. The van der Waals surface area contributed by atoms with Gasteiger partial charge in [0.2, 0.25) is 5.91 Å². The van der Waals surface area contributed by atoms with E-state index in [-0.39, 0.29) is 19.4 Å². The van der Waals surface area contributed by atoms with Crippen LogP contribution in [-0.4, -0.2) is 99.6 Å². The van der Waals surface area contributed by atoms with E-state index in [4.69, 9.17) is 14.2 Å². The van der Waals surface area contributed by atoms with Crippen molar-refractivity contribution in [2.24, 2.45) is 0 Å². The van der Waals surface area contributed by atoms with Crippen molar-refractivity contribution in [1.29, 1.82) is 0 Å². The Morgan fingerprint density at radius 3 is 1.64 bits per heavy atom. The molecule has 1 aliphatic rings. The predicted octanol–water partition coefficient (Wildman–Crippen LogP) is 12.8. The van der Waals surface area contributed by atoms with Gasteiger partial charge < -0.3 is 45.1 Å². The van der Waals surface area contributed by atoms with E-state index in [0.29, 0.717) is 12.8 Å². The molecule has 11 heteroatoms. The van der Waals surface area contributed by atoms with Crippen molar-refractivity contribution in [2.75, 3.05) is 13.2 Å². The molecule has 0 radical (unpaired) electrons. The number of hydrogen-bond acceptors (Lipinski definition) is 10. The number of carbonyl (C=O) groups excluding carboxylic acids is 2. The maximum Gasteiger partial charge on any atom is 0.306 e. The number of hydrogen-bond donors (Lipinski definition) is 6. The molecule has 1 amide bonds. The zero-order valence-corrected chi connectivity index (χ0v) is 45.3. The van der Waals surface area contributed by atoms with Crippen LogP contribution in [0.1, 0.15) is 213 Å². The largest absolute Gasteiger partial charge is 0.454 e. The molecule has 8 atom stereocenters. The lowest BCUT2D eigenvalue weighted by Gasteiger charge is -2.41. The summed E-state index contributed by atoms with van der Waals surface area (Å²) in [6.07, 6.45) is 53.0. The van der Waals surface area contributed by atoms with Crippen LogP contribution in [0.2, 0.25) is 0 Å². The van der Waals surface area contributed by atoms with Crippen molar-refractivity contribution in [3.63, 3.8) is 0 Å². The van der Waals surface area contributed by atoms with Crippen LogP contribution in [0.25, 0.3) is 0 Å². The lowest BCUT2D eigenvalue weighted by atomic mass is 9.99. The fourth-order valence-electron chi connectivity index (χ4n) is 8.29. The Balaban J connectivity index is 2.78. The smallest absolute Gasteiger partial charge is 0.306 e. The molecular formula is C61H103NO10. The SMILES string of the molecule is CC/C=C/C=C/C=C\C=C/C=C/CCCCCC(=O)OC1C(OCC(NC(=O)C(O)CCCCCCCC/C=C\C/C=C\CCCCC)C(O)/C=C/CCCCCCCCCCCC)OC(CO)C(O)C1O. The standard InChI is InChI=1S/C61H103NO10/c1-4-7-10-13-16-19-22-25-27-29-30-33-36-39-42-45-48-54(65)60(69)62-52(53(64)47-44-41-38-35-32-24-21-18-15-12-9-6-3)51-70-61-59(58(68)57(67)55(50-63)71-61)72-56(66)49-46-43-40-37-34-31-28-26-23-20-17-14-11-8-5-2/h8,11,14,16-17,19-20,23,25-28,31,34,44,47,52-55,57-59,61,63-65,67-68H,4-7,9-10,12-13,15,18,21-22,24,29-30,32-33,35-43,45-46,48-51H2,1-3H3,(H,62,69)/b11-8+,17-14+,19-16-,23-20-,27-25-,28-26-,34-31+,47-44+. The first-order valence-electron chi connectivity index (χ1n) is 28.6. The first-order valence-corrected chi connectivity index (χ1v) is 28.6. The van der Waals surface area contributed by atoms with E-state index in [1.54, 1.807) is 6.08 Å². The van der Waals surface area contributed by atoms with Gasteiger partial charge in [-0.25, -0.2) is 0 Å². The lowest BCUT2D eigenvalue weighted by Crippen LogP contribution is -2.61. The van der Waals surface area contributed by atoms with Crippen LogP contribution < -0.4 is 5.32 Å². The lowest BCUT2D eigenvalue weighted by molar-refractivity contribution is -0.305. The molecule has 0 bridgehead atoms. The topological polar surface area (TPSA) is 175 Å². The van der Waals surface area contributed by atoms with Gasteiger partial charge in [-0.3, -0.25) is 9.59 Å². The normalized spacial score (nSPS) is 20.2. The fraction of sp³-hybridized carbons (Fsp3) is 0.705. The molecule has 0 aliphatic carbocycles. The number of unbranched alkanes of at least 4 members (excludes halogenated alkanes) is 22. The molecule has 1 saturated heterocycles. The molecule has 1 fully saturated rings. The minimum Gasteiger partial charge on any atom is -0.454 e. The Labute approximate surface area is 437 Å². The molecule has 0 aromatic rings. The van der Waals surface area contributed by atoms with Gasteiger partial charge in [0.15, 0.2) is 12.4 Å². The van der Waals surface area contributed by atoms with Gasteiger partial charge in [-0.15, -0.1) is 0 Å². The molecule has 11 nitrogen and oxygen atoms in total. The predicted molar refractivity (Wildman–Crippen MR) is 296 cm³/mol. The maximum absolute atomic E-state index is 13.4. The summed E-state index contributed by atoms with van der Waals surface area (Å²) in [5, 5.41) is 56.8.